The molecule has 0 spiro atoms. The topological polar surface area (TPSA) is 110 Å². The van der Waals surface area contributed by atoms with Gasteiger partial charge in [-0.15, -0.1) is 0 Å². The predicted octanol–water partition coefficient (Wildman–Crippen LogP) is 5.43. The molecule has 5 fully saturated rings. The number of ether oxygens (including phenoxy) is 2. The molecule has 274 valence electrons. The van der Waals surface area contributed by atoms with Gasteiger partial charge in [-0.3, -0.25) is 9.59 Å². The first-order chi connectivity index (χ1) is 24.5. The van der Waals surface area contributed by atoms with Crippen LogP contribution >= 0.6 is 0 Å². The number of amides is 2. The number of nitrogens with one attached hydrogen (secondary N) is 1. The van der Waals surface area contributed by atoms with Crippen LogP contribution in [0.1, 0.15) is 79.8 Å². The molecule has 2 amide bonds. The third-order valence-electron chi connectivity index (χ3n) is 12.5. The van der Waals surface area contributed by atoms with Crippen molar-refractivity contribution < 1.29 is 27.5 Å². The summed E-state index contributed by atoms with van der Waals surface area (Å²) < 4.78 is 41.9. The minimum Gasteiger partial charge on any atom is -0.497 e. The molecule has 11 heteroatoms. The zero-order chi connectivity index (χ0) is 35.7. The number of methoxy groups -OCH3 is 1. The number of sulfonamides is 1. The third kappa shape index (κ3) is 6.27. The van der Waals surface area contributed by atoms with Crippen LogP contribution in [0.15, 0.2) is 36.4 Å². The fraction of sp³-hybridized carbons (Fsp3) is 0.600. The van der Waals surface area contributed by atoms with Crippen molar-refractivity contribution in [1.82, 2.24) is 19.1 Å². The minimum absolute atomic E-state index is 0.173. The van der Waals surface area contributed by atoms with Crippen LogP contribution in [0.3, 0.4) is 0 Å². The van der Waals surface area contributed by atoms with Gasteiger partial charge in [0.25, 0.3) is 5.91 Å². The Bertz CT molecular complexity index is 1950. The number of fused-ring (bicyclic) bond motifs is 12. The molecule has 4 atom stereocenters. The fourth-order valence-electron chi connectivity index (χ4n) is 9.76. The second-order valence-electron chi connectivity index (χ2n) is 16.4. The summed E-state index contributed by atoms with van der Waals surface area (Å²) >= 11 is 0. The van der Waals surface area contributed by atoms with Crippen LogP contribution < -0.4 is 9.46 Å². The summed E-state index contributed by atoms with van der Waals surface area (Å²) in [5.41, 5.74) is 5.39. The number of aromatic nitrogens is 1. The summed E-state index contributed by atoms with van der Waals surface area (Å²) in [7, 11) is 0.0584. The lowest BCUT2D eigenvalue weighted by Crippen LogP contribution is -2.53. The van der Waals surface area contributed by atoms with E-state index < -0.39 is 26.6 Å². The van der Waals surface area contributed by atoms with Gasteiger partial charge >= 0.3 is 0 Å². The molecule has 2 saturated carbocycles. The Balaban J connectivity index is 1.29. The summed E-state index contributed by atoms with van der Waals surface area (Å²) in [5, 5.41) is 0.349. The zero-order valence-corrected chi connectivity index (χ0v) is 31.3. The number of rotatable bonds is 6. The van der Waals surface area contributed by atoms with Crippen molar-refractivity contribution in [3.05, 3.63) is 53.1 Å². The summed E-state index contributed by atoms with van der Waals surface area (Å²) in [6, 6.07) is 12.0. The van der Waals surface area contributed by atoms with Crippen molar-refractivity contribution in [2.24, 2.45) is 23.2 Å². The molecular formula is C40H52N4O6S. The first-order valence-corrected chi connectivity index (χ1v) is 20.5. The molecule has 51 heavy (non-hydrogen) atoms. The van der Waals surface area contributed by atoms with Crippen LogP contribution in [-0.2, 0) is 32.5 Å². The molecule has 0 unspecified atom stereocenters. The predicted molar refractivity (Wildman–Crippen MR) is 197 cm³/mol. The number of carbonyl (C=O) groups is 2. The maximum atomic E-state index is 15.1. The highest BCUT2D eigenvalue weighted by Crippen LogP contribution is 2.60. The summed E-state index contributed by atoms with van der Waals surface area (Å²) in [5.74, 6) is 1.45. The van der Waals surface area contributed by atoms with Gasteiger partial charge in [0.15, 0.2) is 0 Å². The number of hydrogen-bond acceptors (Lipinski definition) is 7. The van der Waals surface area contributed by atoms with E-state index in [0.717, 1.165) is 66.7 Å². The molecule has 2 aromatic carbocycles. The van der Waals surface area contributed by atoms with E-state index in [1.54, 1.807) is 27.0 Å². The van der Waals surface area contributed by atoms with E-state index in [1.165, 1.54) is 30.4 Å². The van der Waals surface area contributed by atoms with Crippen LogP contribution in [0, 0.1) is 23.2 Å². The van der Waals surface area contributed by atoms with Gasteiger partial charge in [-0.05, 0) is 99.9 Å². The fourth-order valence-corrected chi connectivity index (χ4v) is 10.4. The second kappa shape index (κ2) is 13.2. The molecular weight excluding hydrogens is 665 g/mol. The Kier molecular flexibility index (Phi) is 8.98. The molecule has 9 rings (SSSR count). The molecule has 3 aromatic rings. The van der Waals surface area contributed by atoms with Crippen molar-refractivity contribution in [2.45, 2.75) is 76.5 Å². The zero-order valence-electron chi connectivity index (χ0n) is 30.4. The van der Waals surface area contributed by atoms with E-state index in [4.69, 9.17) is 9.47 Å². The first-order valence-electron chi connectivity index (χ1n) is 18.9. The van der Waals surface area contributed by atoms with E-state index in [0.29, 0.717) is 44.3 Å². The van der Waals surface area contributed by atoms with Gasteiger partial charge in [-0.1, -0.05) is 25.3 Å². The monoisotopic (exact) mass is 716 g/mol. The van der Waals surface area contributed by atoms with Crippen molar-refractivity contribution in [2.75, 3.05) is 53.6 Å². The van der Waals surface area contributed by atoms with Crippen molar-refractivity contribution in [3.8, 4) is 17.0 Å². The van der Waals surface area contributed by atoms with Crippen molar-refractivity contribution >= 4 is 32.7 Å². The average molecular weight is 717 g/mol. The molecule has 2 bridgehead atoms. The molecule has 1 aromatic heterocycles. The largest absolute Gasteiger partial charge is 0.497 e. The van der Waals surface area contributed by atoms with Gasteiger partial charge in [-0.25, -0.2) is 13.1 Å². The van der Waals surface area contributed by atoms with Crippen LogP contribution in [0.2, 0.25) is 0 Å². The lowest BCUT2D eigenvalue weighted by atomic mass is 9.80. The molecule has 4 aliphatic heterocycles. The highest BCUT2D eigenvalue weighted by molar-refractivity contribution is 7.90. The summed E-state index contributed by atoms with van der Waals surface area (Å²) in [6.07, 6.45) is 7.34. The number of nitrogens with zero attached hydrogens (tertiary/aromatic N) is 3. The molecule has 10 nitrogen and oxygen atoms in total. The quantitative estimate of drug-likeness (QED) is 0.363. The summed E-state index contributed by atoms with van der Waals surface area (Å²) in [6.45, 7) is 8.20. The standard InChI is InChI=1S/C40H52N4O6S/c1-25(2)51(47,48)41-38(45)29-10-12-34-35(16-29)44-24-40(39(46)43-20-26-18-42(3)19-27(21-43)23-50-22-26)17-31(40)14-30-15-32(49-4)11-13-33(30)37(44)36(34)28-8-6-5-7-9-28/h10-13,15-16,25-28,31H,5-9,14,17-24H2,1-4H3,(H,41,45)/t26-,27+,31-,40+/m1/s1. The van der Waals surface area contributed by atoms with Gasteiger partial charge in [0.05, 0.1) is 36.7 Å². The maximum Gasteiger partial charge on any atom is 0.264 e. The van der Waals surface area contributed by atoms with Crippen LogP contribution in [-0.4, -0.2) is 93.4 Å². The van der Waals surface area contributed by atoms with Gasteiger partial charge in [0.1, 0.15) is 5.75 Å². The Hall–Kier alpha value is -3.41. The molecule has 2 aliphatic carbocycles. The number of carbonyl (C=O) groups excluding carboxylic acids is 2. The van der Waals surface area contributed by atoms with E-state index in [1.807, 2.05) is 18.2 Å². The van der Waals surface area contributed by atoms with Gasteiger partial charge in [0.2, 0.25) is 15.9 Å². The molecule has 0 radical (unpaired) electrons. The lowest BCUT2D eigenvalue weighted by molar-refractivity contribution is -0.143. The molecule has 6 aliphatic rings. The van der Waals surface area contributed by atoms with Gasteiger partial charge in [0, 0.05) is 66.6 Å². The first kappa shape index (κ1) is 34.7. The van der Waals surface area contributed by atoms with Crippen molar-refractivity contribution in [1.29, 1.82) is 0 Å². The van der Waals surface area contributed by atoms with E-state index in [-0.39, 0.29) is 23.7 Å². The van der Waals surface area contributed by atoms with E-state index in [2.05, 4.69) is 38.3 Å². The van der Waals surface area contributed by atoms with Crippen molar-refractivity contribution in [3.63, 3.8) is 0 Å². The minimum atomic E-state index is -3.82. The molecule has 1 N–H and O–H groups in total. The average Bonchev–Trinajstić information content (AvgIpc) is 3.67. The number of hydrogen-bond donors (Lipinski definition) is 1. The Morgan fingerprint density at radius 1 is 0.980 bits per heavy atom. The maximum absolute atomic E-state index is 15.1. The van der Waals surface area contributed by atoms with Gasteiger partial charge < -0.3 is 23.8 Å². The number of benzene rings is 2. The highest BCUT2D eigenvalue weighted by Gasteiger charge is 2.62. The third-order valence-corrected chi connectivity index (χ3v) is 14.2. The van der Waals surface area contributed by atoms with E-state index >= 15 is 4.79 Å². The lowest BCUT2D eigenvalue weighted by Gasteiger charge is -2.41. The smallest absolute Gasteiger partial charge is 0.264 e. The van der Waals surface area contributed by atoms with Gasteiger partial charge in [-0.2, -0.15) is 0 Å². The van der Waals surface area contributed by atoms with Crippen LogP contribution in [0.25, 0.3) is 22.2 Å². The van der Waals surface area contributed by atoms with E-state index in [9.17, 15) is 13.2 Å². The highest BCUT2D eigenvalue weighted by atomic mass is 32.2. The Labute approximate surface area is 301 Å². The normalized spacial score (nSPS) is 27.0. The summed E-state index contributed by atoms with van der Waals surface area (Å²) in [4.78, 5) is 33.2. The van der Waals surface area contributed by atoms with Crippen LogP contribution in [0.4, 0.5) is 0 Å². The second-order valence-corrected chi connectivity index (χ2v) is 18.7. The molecule has 3 saturated heterocycles. The van der Waals surface area contributed by atoms with Crippen LogP contribution in [0.5, 0.6) is 5.75 Å². The SMILES string of the molecule is COc1ccc2c(c1)C[C@@H]1C[C@]1(C(=O)N1C[C@@H]3COC[C@@H](CN(C)C3)C1)Cn1c-2c(C2CCCCC2)c2ccc(C(=O)NS(=O)(=O)C(C)C)cc21. The Morgan fingerprint density at radius 2 is 1.71 bits per heavy atom. The Morgan fingerprint density at radius 3 is 2.39 bits per heavy atom. The molecule has 5 heterocycles.